The second-order valence-electron chi connectivity index (χ2n) is 4.06. The quantitative estimate of drug-likeness (QED) is 0.540. The molecule has 1 atom stereocenters. The molecule has 0 saturated carbocycles. The molecular formula is C12H27NO2. The van der Waals surface area contributed by atoms with Gasteiger partial charge in [0.1, 0.15) is 0 Å². The Hall–Kier alpha value is -0.120. The molecule has 3 heteroatoms. The van der Waals surface area contributed by atoms with E-state index in [1.165, 1.54) is 32.1 Å². The van der Waals surface area contributed by atoms with Crippen molar-refractivity contribution >= 4 is 0 Å². The van der Waals surface area contributed by atoms with Crippen molar-refractivity contribution in [3.63, 3.8) is 0 Å². The van der Waals surface area contributed by atoms with Crippen molar-refractivity contribution in [2.45, 2.75) is 51.5 Å². The highest BCUT2D eigenvalue weighted by atomic mass is 16.5. The summed E-state index contributed by atoms with van der Waals surface area (Å²) in [5, 5.41) is 0. The van der Waals surface area contributed by atoms with Crippen molar-refractivity contribution in [1.29, 1.82) is 0 Å². The molecule has 0 fully saturated rings. The summed E-state index contributed by atoms with van der Waals surface area (Å²) in [5.41, 5.74) is 5.71. The number of hydrogen-bond acceptors (Lipinski definition) is 3. The molecule has 15 heavy (non-hydrogen) atoms. The second kappa shape index (κ2) is 12.0. The van der Waals surface area contributed by atoms with Crippen molar-refractivity contribution < 1.29 is 9.47 Å². The lowest BCUT2D eigenvalue weighted by molar-refractivity contribution is 0.0846. The fourth-order valence-corrected chi connectivity index (χ4v) is 1.48. The highest BCUT2D eigenvalue weighted by Gasteiger charge is 2.00. The minimum Gasteiger partial charge on any atom is -0.383 e. The molecule has 0 aromatic carbocycles. The lowest BCUT2D eigenvalue weighted by Gasteiger charge is -2.10. The molecule has 0 bridgehead atoms. The standard InChI is InChI=1S/C12H27NO2/c1-3-4-5-6-7-8-9-15-11-12(13)10-14-2/h12H,3-11,13H2,1-2H3. The molecule has 0 aromatic heterocycles. The maximum atomic E-state index is 5.71. The Bertz CT molecular complexity index is 120. The first-order valence-electron chi connectivity index (χ1n) is 6.13. The third-order valence-corrected chi connectivity index (χ3v) is 2.35. The molecule has 0 radical (unpaired) electrons. The summed E-state index contributed by atoms with van der Waals surface area (Å²) in [5.74, 6) is 0. The number of rotatable bonds is 11. The van der Waals surface area contributed by atoms with E-state index in [4.69, 9.17) is 15.2 Å². The van der Waals surface area contributed by atoms with Gasteiger partial charge in [-0.05, 0) is 6.42 Å². The minimum atomic E-state index is 0.0232. The van der Waals surface area contributed by atoms with Crippen LogP contribution >= 0.6 is 0 Å². The fourth-order valence-electron chi connectivity index (χ4n) is 1.48. The summed E-state index contributed by atoms with van der Waals surface area (Å²) in [4.78, 5) is 0. The normalized spacial score (nSPS) is 13.0. The molecule has 0 amide bonds. The third kappa shape index (κ3) is 11.8. The largest absolute Gasteiger partial charge is 0.383 e. The number of methoxy groups -OCH3 is 1. The highest BCUT2D eigenvalue weighted by Crippen LogP contribution is 2.04. The van der Waals surface area contributed by atoms with Gasteiger partial charge in [0.25, 0.3) is 0 Å². The zero-order chi connectivity index (χ0) is 11.4. The number of nitrogens with two attached hydrogens (primary N) is 1. The molecule has 92 valence electrons. The predicted molar refractivity (Wildman–Crippen MR) is 64.0 cm³/mol. The van der Waals surface area contributed by atoms with Crippen molar-refractivity contribution in [2.75, 3.05) is 26.9 Å². The molecule has 0 aliphatic rings. The number of ether oxygens (including phenoxy) is 2. The average Bonchev–Trinajstić information content (AvgIpc) is 2.22. The SMILES string of the molecule is CCCCCCCCOCC(N)COC. The van der Waals surface area contributed by atoms with Crippen LogP contribution in [-0.2, 0) is 9.47 Å². The van der Waals surface area contributed by atoms with Gasteiger partial charge in [-0.2, -0.15) is 0 Å². The van der Waals surface area contributed by atoms with Crippen LogP contribution in [0.4, 0.5) is 0 Å². The molecule has 0 heterocycles. The minimum absolute atomic E-state index is 0.0232. The highest BCUT2D eigenvalue weighted by molar-refractivity contribution is 4.57. The van der Waals surface area contributed by atoms with Crippen LogP contribution in [0.15, 0.2) is 0 Å². The van der Waals surface area contributed by atoms with Gasteiger partial charge >= 0.3 is 0 Å². The zero-order valence-electron chi connectivity index (χ0n) is 10.3. The molecule has 2 N–H and O–H groups in total. The molecule has 3 nitrogen and oxygen atoms in total. The van der Waals surface area contributed by atoms with Crippen LogP contribution in [0.1, 0.15) is 45.4 Å². The van der Waals surface area contributed by atoms with E-state index in [0.717, 1.165) is 13.0 Å². The number of hydrogen-bond donors (Lipinski definition) is 1. The van der Waals surface area contributed by atoms with E-state index >= 15 is 0 Å². The third-order valence-electron chi connectivity index (χ3n) is 2.35. The zero-order valence-corrected chi connectivity index (χ0v) is 10.3. The van der Waals surface area contributed by atoms with Crippen molar-refractivity contribution in [1.82, 2.24) is 0 Å². The van der Waals surface area contributed by atoms with E-state index in [-0.39, 0.29) is 6.04 Å². The van der Waals surface area contributed by atoms with Gasteiger partial charge in [0.2, 0.25) is 0 Å². The second-order valence-corrected chi connectivity index (χ2v) is 4.06. The Balaban J connectivity index is 2.98. The molecule has 0 saturated heterocycles. The smallest absolute Gasteiger partial charge is 0.0640 e. The first kappa shape index (κ1) is 14.9. The predicted octanol–water partition coefficient (Wildman–Crippen LogP) is 2.34. The van der Waals surface area contributed by atoms with Crippen molar-refractivity contribution in [2.24, 2.45) is 5.73 Å². The van der Waals surface area contributed by atoms with Gasteiger partial charge in [-0.3, -0.25) is 0 Å². The van der Waals surface area contributed by atoms with Crippen LogP contribution in [0.5, 0.6) is 0 Å². The Morgan fingerprint density at radius 1 is 1.00 bits per heavy atom. The summed E-state index contributed by atoms with van der Waals surface area (Å²) in [6, 6.07) is 0.0232. The van der Waals surface area contributed by atoms with Gasteiger partial charge in [0.05, 0.1) is 19.3 Å². The van der Waals surface area contributed by atoms with Crippen molar-refractivity contribution in [3.8, 4) is 0 Å². The lowest BCUT2D eigenvalue weighted by Crippen LogP contribution is -2.31. The van der Waals surface area contributed by atoms with Crippen LogP contribution in [0.3, 0.4) is 0 Å². The van der Waals surface area contributed by atoms with E-state index in [1.54, 1.807) is 7.11 Å². The summed E-state index contributed by atoms with van der Waals surface area (Å²) >= 11 is 0. The molecule has 0 rings (SSSR count). The van der Waals surface area contributed by atoms with E-state index in [0.29, 0.717) is 13.2 Å². The molecule has 0 aliphatic carbocycles. The topological polar surface area (TPSA) is 44.5 Å². The average molecular weight is 217 g/mol. The summed E-state index contributed by atoms with van der Waals surface area (Å²) in [7, 11) is 1.66. The molecule has 0 aromatic rings. The summed E-state index contributed by atoms with van der Waals surface area (Å²) in [6.07, 6.45) is 7.80. The van der Waals surface area contributed by atoms with Gasteiger partial charge in [0.15, 0.2) is 0 Å². The first-order chi connectivity index (χ1) is 7.31. The van der Waals surface area contributed by atoms with Gasteiger partial charge < -0.3 is 15.2 Å². The van der Waals surface area contributed by atoms with Gasteiger partial charge in [-0.15, -0.1) is 0 Å². The monoisotopic (exact) mass is 217 g/mol. The van der Waals surface area contributed by atoms with Gasteiger partial charge in [0, 0.05) is 13.7 Å². The van der Waals surface area contributed by atoms with E-state index in [2.05, 4.69) is 6.92 Å². The van der Waals surface area contributed by atoms with Crippen LogP contribution in [-0.4, -0.2) is 33.0 Å². The molecular weight excluding hydrogens is 190 g/mol. The van der Waals surface area contributed by atoms with Crippen LogP contribution in [0.25, 0.3) is 0 Å². The van der Waals surface area contributed by atoms with E-state index in [9.17, 15) is 0 Å². The first-order valence-corrected chi connectivity index (χ1v) is 6.13. The maximum absolute atomic E-state index is 5.71. The van der Waals surface area contributed by atoms with Crippen LogP contribution < -0.4 is 5.73 Å². The maximum Gasteiger partial charge on any atom is 0.0640 e. The van der Waals surface area contributed by atoms with E-state index < -0.39 is 0 Å². The Kier molecular flexibility index (Phi) is 11.9. The Morgan fingerprint density at radius 2 is 1.67 bits per heavy atom. The molecule has 0 aliphatic heterocycles. The Labute approximate surface area is 94.3 Å². The van der Waals surface area contributed by atoms with Crippen LogP contribution in [0.2, 0.25) is 0 Å². The molecule has 1 unspecified atom stereocenters. The van der Waals surface area contributed by atoms with Crippen molar-refractivity contribution in [3.05, 3.63) is 0 Å². The van der Waals surface area contributed by atoms with E-state index in [1.807, 2.05) is 0 Å². The summed E-state index contributed by atoms with van der Waals surface area (Å²) < 4.78 is 10.4. The van der Waals surface area contributed by atoms with Crippen LogP contribution in [0, 0.1) is 0 Å². The van der Waals surface area contributed by atoms with Gasteiger partial charge in [-0.25, -0.2) is 0 Å². The fraction of sp³-hybridized carbons (Fsp3) is 1.00. The number of unbranched alkanes of at least 4 members (excludes halogenated alkanes) is 5. The summed E-state index contributed by atoms with van der Waals surface area (Å²) in [6.45, 7) is 4.27. The Morgan fingerprint density at radius 3 is 2.33 bits per heavy atom. The lowest BCUT2D eigenvalue weighted by atomic mass is 10.1. The van der Waals surface area contributed by atoms with Gasteiger partial charge in [-0.1, -0.05) is 39.0 Å². The molecule has 0 spiro atoms.